The molecule has 0 unspecified atom stereocenters. The Morgan fingerprint density at radius 2 is 1.85 bits per heavy atom. The summed E-state index contributed by atoms with van der Waals surface area (Å²) in [6, 6.07) is 5.18. The van der Waals surface area contributed by atoms with E-state index in [1.54, 1.807) is 12.1 Å². The van der Waals surface area contributed by atoms with Gasteiger partial charge in [0.05, 0.1) is 4.90 Å². The van der Waals surface area contributed by atoms with Gasteiger partial charge in [-0.25, -0.2) is 8.42 Å². The third-order valence-corrected chi connectivity index (χ3v) is 7.35. The zero-order valence-corrected chi connectivity index (χ0v) is 16.7. The SMILES string of the molecule is Cc1nnc(NC(=O)C2CCN(S(=O)(=O)c3ccc(C)c(C)c3)CC2)s1. The van der Waals surface area contributed by atoms with Crippen LogP contribution in [-0.2, 0) is 14.8 Å². The molecule has 2 aromatic rings. The highest BCUT2D eigenvalue weighted by atomic mass is 32.2. The van der Waals surface area contributed by atoms with Crippen LogP contribution in [0.2, 0.25) is 0 Å². The number of rotatable bonds is 4. The lowest BCUT2D eigenvalue weighted by Gasteiger charge is -2.30. The van der Waals surface area contributed by atoms with E-state index in [1.807, 2.05) is 26.8 Å². The molecule has 0 radical (unpaired) electrons. The summed E-state index contributed by atoms with van der Waals surface area (Å²) in [5.41, 5.74) is 2.01. The molecule has 1 aliphatic rings. The summed E-state index contributed by atoms with van der Waals surface area (Å²) < 4.78 is 27.1. The lowest BCUT2D eigenvalue weighted by molar-refractivity contribution is -0.120. The Morgan fingerprint density at radius 3 is 2.42 bits per heavy atom. The Balaban J connectivity index is 1.63. The van der Waals surface area contributed by atoms with Crippen LogP contribution < -0.4 is 5.32 Å². The molecule has 2 heterocycles. The summed E-state index contributed by atoms with van der Waals surface area (Å²) in [4.78, 5) is 12.7. The van der Waals surface area contributed by atoms with Gasteiger partial charge in [-0.1, -0.05) is 17.4 Å². The van der Waals surface area contributed by atoms with E-state index in [0.29, 0.717) is 36.0 Å². The van der Waals surface area contributed by atoms with Crippen molar-refractivity contribution in [2.24, 2.45) is 5.92 Å². The monoisotopic (exact) mass is 394 g/mol. The predicted octanol–water partition coefficient (Wildman–Crippen LogP) is 2.50. The quantitative estimate of drug-likeness (QED) is 0.860. The Morgan fingerprint density at radius 1 is 1.15 bits per heavy atom. The molecule has 1 amide bonds. The van der Waals surface area contributed by atoms with E-state index >= 15 is 0 Å². The van der Waals surface area contributed by atoms with Gasteiger partial charge in [-0.3, -0.25) is 4.79 Å². The van der Waals surface area contributed by atoms with Gasteiger partial charge in [-0.2, -0.15) is 4.31 Å². The third-order valence-electron chi connectivity index (χ3n) is 4.70. The van der Waals surface area contributed by atoms with Crippen LogP contribution in [0.25, 0.3) is 0 Å². The molecule has 7 nitrogen and oxygen atoms in total. The highest BCUT2D eigenvalue weighted by Gasteiger charge is 2.32. The number of aromatic nitrogens is 2. The van der Waals surface area contributed by atoms with Gasteiger partial charge < -0.3 is 5.32 Å². The summed E-state index contributed by atoms with van der Waals surface area (Å²) in [7, 11) is -3.52. The first-order valence-corrected chi connectivity index (χ1v) is 10.7. The fourth-order valence-corrected chi connectivity index (χ4v) is 5.09. The molecule has 1 aromatic carbocycles. The van der Waals surface area contributed by atoms with Crippen molar-refractivity contribution in [1.82, 2.24) is 14.5 Å². The number of hydrogen-bond donors (Lipinski definition) is 1. The topological polar surface area (TPSA) is 92.3 Å². The summed E-state index contributed by atoms with van der Waals surface area (Å²) in [5, 5.41) is 11.8. The number of piperidine rings is 1. The second-order valence-electron chi connectivity index (χ2n) is 6.54. The first-order valence-electron chi connectivity index (χ1n) is 8.46. The molecule has 0 bridgehead atoms. The van der Waals surface area contributed by atoms with Crippen molar-refractivity contribution >= 4 is 32.4 Å². The lowest BCUT2D eigenvalue weighted by Crippen LogP contribution is -2.41. The van der Waals surface area contributed by atoms with E-state index in [9.17, 15) is 13.2 Å². The Labute approximate surface area is 157 Å². The molecule has 1 fully saturated rings. The molecule has 1 N–H and O–H groups in total. The average molecular weight is 395 g/mol. The Bertz CT molecular complexity index is 916. The molecule has 1 aliphatic heterocycles. The van der Waals surface area contributed by atoms with E-state index in [1.165, 1.54) is 15.6 Å². The van der Waals surface area contributed by atoms with Crippen molar-refractivity contribution in [2.75, 3.05) is 18.4 Å². The minimum atomic E-state index is -3.52. The maximum atomic E-state index is 12.8. The van der Waals surface area contributed by atoms with Gasteiger partial charge in [0.15, 0.2) is 0 Å². The Hall–Kier alpha value is -1.84. The Kier molecular flexibility index (Phi) is 5.40. The van der Waals surface area contributed by atoms with Crippen LogP contribution in [0.1, 0.15) is 29.0 Å². The maximum Gasteiger partial charge on any atom is 0.243 e. The normalized spacial score (nSPS) is 16.6. The number of hydrogen-bond acceptors (Lipinski definition) is 6. The first-order chi connectivity index (χ1) is 12.3. The van der Waals surface area contributed by atoms with E-state index in [-0.39, 0.29) is 11.8 Å². The smallest absolute Gasteiger partial charge is 0.243 e. The molecule has 26 heavy (non-hydrogen) atoms. The number of aryl methyl sites for hydroxylation is 3. The maximum absolute atomic E-state index is 12.8. The molecule has 1 saturated heterocycles. The van der Waals surface area contributed by atoms with Crippen LogP contribution in [0.15, 0.2) is 23.1 Å². The van der Waals surface area contributed by atoms with Crippen LogP contribution in [0.5, 0.6) is 0 Å². The summed E-state index contributed by atoms with van der Waals surface area (Å²) in [5.74, 6) is -0.338. The minimum Gasteiger partial charge on any atom is -0.300 e. The zero-order chi connectivity index (χ0) is 18.9. The van der Waals surface area contributed by atoms with Crippen LogP contribution in [0.3, 0.4) is 0 Å². The van der Waals surface area contributed by atoms with Gasteiger partial charge in [0.2, 0.25) is 21.1 Å². The summed E-state index contributed by atoms with van der Waals surface area (Å²) >= 11 is 1.32. The fraction of sp³-hybridized carbons (Fsp3) is 0.471. The van der Waals surface area contributed by atoms with Crippen molar-refractivity contribution < 1.29 is 13.2 Å². The van der Waals surface area contributed by atoms with Crippen molar-refractivity contribution in [3.63, 3.8) is 0 Å². The minimum absolute atomic E-state index is 0.121. The molecule has 0 aliphatic carbocycles. The number of anilines is 1. The predicted molar refractivity (Wildman–Crippen MR) is 101 cm³/mol. The third kappa shape index (κ3) is 3.94. The molecule has 0 atom stereocenters. The lowest BCUT2D eigenvalue weighted by atomic mass is 9.97. The van der Waals surface area contributed by atoms with E-state index < -0.39 is 10.0 Å². The second-order valence-corrected chi connectivity index (χ2v) is 9.66. The number of nitrogens with zero attached hydrogens (tertiary/aromatic N) is 3. The van der Waals surface area contributed by atoms with E-state index in [0.717, 1.165) is 16.1 Å². The number of carbonyl (C=O) groups is 1. The van der Waals surface area contributed by atoms with Gasteiger partial charge >= 0.3 is 0 Å². The molecule has 1 aromatic heterocycles. The molecular weight excluding hydrogens is 372 g/mol. The molecule has 0 saturated carbocycles. The van der Waals surface area contributed by atoms with Gasteiger partial charge in [-0.05, 0) is 56.9 Å². The highest BCUT2D eigenvalue weighted by Crippen LogP contribution is 2.26. The summed E-state index contributed by atoms with van der Waals surface area (Å²) in [6.45, 7) is 6.35. The zero-order valence-electron chi connectivity index (χ0n) is 15.0. The number of sulfonamides is 1. The van der Waals surface area contributed by atoms with Crippen LogP contribution in [0, 0.1) is 26.7 Å². The second kappa shape index (κ2) is 7.42. The first kappa shape index (κ1) is 18.9. The van der Waals surface area contributed by atoms with E-state index in [2.05, 4.69) is 15.5 Å². The van der Waals surface area contributed by atoms with Crippen LogP contribution in [0.4, 0.5) is 5.13 Å². The van der Waals surface area contributed by atoms with Crippen LogP contribution in [-0.4, -0.2) is 41.9 Å². The standard InChI is InChI=1S/C17H22N4O3S2/c1-11-4-5-15(10-12(11)2)26(23,24)21-8-6-14(7-9-21)16(22)18-17-20-19-13(3)25-17/h4-5,10,14H,6-9H2,1-3H3,(H,18,20,22). The van der Waals surface area contributed by atoms with Crippen LogP contribution >= 0.6 is 11.3 Å². The highest BCUT2D eigenvalue weighted by molar-refractivity contribution is 7.89. The van der Waals surface area contributed by atoms with Gasteiger partial charge in [0.1, 0.15) is 5.01 Å². The number of nitrogens with one attached hydrogen (secondary N) is 1. The van der Waals surface area contributed by atoms with Gasteiger partial charge in [-0.15, -0.1) is 10.2 Å². The number of carbonyl (C=O) groups excluding carboxylic acids is 1. The molecule has 0 spiro atoms. The van der Waals surface area contributed by atoms with Gasteiger partial charge in [0, 0.05) is 19.0 Å². The van der Waals surface area contributed by atoms with Crippen molar-refractivity contribution in [2.45, 2.75) is 38.5 Å². The molecule has 9 heteroatoms. The summed E-state index contributed by atoms with van der Waals surface area (Å²) in [6.07, 6.45) is 0.987. The number of amides is 1. The molecular formula is C17H22N4O3S2. The average Bonchev–Trinajstić information content (AvgIpc) is 3.02. The molecule has 3 rings (SSSR count). The largest absolute Gasteiger partial charge is 0.300 e. The van der Waals surface area contributed by atoms with Crippen molar-refractivity contribution in [3.05, 3.63) is 34.3 Å². The number of benzene rings is 1. The van der Waals surface area contributed by atoms with Crippen molar-refractivity contribution in [3.8, 4) is 0 Å². The fourth-order valence-electron chi connectivity index (χ4n) is 2.94. The van der Waals surface area contributed by atoms with Crippen molar-refractivity contribution in [1.29, 1.82) is 0 Å². The van der Waals surface area contributed by atoms with Gasteiger partial charge in [0.25, 0.3) is 0 Å². The van der Waals surface area contributed by atoms with E-state index in [4.69, 9.17) is 0 Å². The molecule has 140 valence electrons.